The van der Waals surface area contributed by atoms with Gasteiger partial charge in [0, 0.05) is 31.4 Å². The Morgan fingerprint density at radius 1 is 1.44 bits per heavy atom. The van der Waals surface area contributed by atoms with Gasteiger partial charge in [-0.1, -0.05) is 6.92 Å². The van der Waals surface area contributed by atoms with Crippen LogP contribution in [-0.2, 0) is 11.3 Å². The normalized spacial score (nSPS) is 17.4. The average Bonchev–Trinajstić information content (AvgIpc) is 2.26. The Bertz CT molecular complexity index is 421. The van der Waals surface area contributed by atoms with E-state index >= 15 is 0 Å². The largest absolute Gasteiger partial charge is 0.463 e. The maximum Gasteiger partial charge on any atom is 0.205 e. The molecule has 0 unspecified atom stereocenters. The van der Waals surface area contributed by atoms with Crippen LogP contribution in [-0.4, -0.2) is 11.6 Å². The molecule has 2 rings (SSSR count). The summed E-state index contributed by atoms with van der Waals surface area (Å²) in [5, 5.41) is 0. The summed E-state index contributed by atoms with van der Waals surface area (Å²) in [6.45, 7) is 6.10. The third-order valence-electron chi connectivity index (χ3n) is 2.63. The minimum atomic E-state index is -0.580. The molecule has 0 aliphatic carbocycles. The van der Waals surface area contributed by atoms with Gasteiger partial charge in [-0.05, 0) is 18.2 Å². The van der Waals surface area contributed by atoms with Gasteiger partial charge >= 0.3 is 0 Å². The topological polar surface area (TPSA) is 35.5 Å². The molecule has 0 fully saturated rings. The van der Waals surface area contributed by atoms with E-state index in [-0.39, 0.29) is 5.78 Å². The highest BCUT2D eigenvalue weighted by atomic mass is 16.7. The summed E-state index contributed by atoms with van der Waals surface area (Å²) in [5.74, 6) is 0.375. The second-order valence-electron chi connectivity index (χ2n) is 4.39. The zero-order chi connectivity index (χ0) is 11.8. The first-order valence-electron chi connectivity index (χ1n) is 5.51. The highest BCUT2D eigenvalue weighted by molar-refractivity contribution is 5.96. The lowest BCUT2D eigenvalue weighted by molar-refractivity contribution is -0.180. The molecule has 0 atom stereocenters. The highest BCUT2D eigenvalue weighted by Gasteiger charge is 2.27. The van der Waals surface area contributed by atoms with Crippen LogP contribution in [0.15, 0.2) is 18.2 Å². The molecule has 1 aliphatic rings. The second kappa shape index (κ2) is 3.91. The number of hydrogen-bond acceptors (Lipinski definition) is 3. The first-order chi connectivity index (χ1) is 7.52. The molecule has 86 valence electrons. The summed E-state index contributed by atoms with van der Waals surface area (Å²) in [5.41, 5.74) is 1.67. The molecule has 1 heterocycles. The number of Topliss-reactive ketones (excluding diaryl/α,β-unsaturated/α-hetero) is 1. The number of carbonyl (C=O) groups is 1. The molecular formula is C13H16O3. The van der Waals surface area contributed by atoms with Gasteiger partial charge in [0.1, 0.15) is 5.75 Å². The maximum absolute atomic E-state index is 11.5. The number of rotatable bonds is 2. The Morgan fingerprint density at radius 2 is 2.19 bits per heavy atom. The maximum atomic E-state index is 11.5. The third kappa shape index (κ3) is 2.09. The van der Waals surface area contributed by atoms with Gasteiger partial charge in [-0.2, -0.15) is 0 Å². The van der Waals surface area contributed by atoms with Crippen molar-refractivity contribution in [3.8, 4) is 5.75 Å². The molecule has 1 aromatic rings. The minimum Gasteiger partial charge on any atom is -0.463 e. The van der Waals surface area contributed by atoms with Gasteiger partial charge in [-0.3, -0.25) is 4.79 Å². The molecule has 0 saturated heterocycles. The van der Waals surface area contributed by atoms with E-state index in [2.05, 4.69) is 0 Å². The predicted octanol–water partition coefficient (Wildman–Crippen LogP) is 2.92. The fourth-order valence-electron chi connectivity index (χ4n) is 1.72. The molecule has 0 radical (unpaired) electrons. The Hall–Kier alpha value is -1.35. The minimum absolute atomic E-state index is 0.146. The molecule has 0 spiro atoms. The van der Waals surface area contributed by atoms with Crippen LogP contribution in [0.25, 0.3) is 0 Å². The van der Waals surface area contributed by atoms with Crippen molar-refractivity contribution < 1.29 is 14.3 Å². The molecule has 0 amide bonds. The molecule has 0 N–H and O–H groups in total. The molecule has 16 heavy (non-hydrogen) atoms. The van der Waals surface area contributed by atoms with Crippen LogP contribution < -0.4 is 4.74 Å². The standard InChI is InChI=1S/C13H16O3/c1-4-11(14)9-5-6-12-10(7-9)8-15-13(2,3)16-12/h5-7H,4,8H2,1-3H3. The first kappa shape index (κ1) is 11.1. The smallest absolute Gasteiger partial charge is 0.205 e. The van der Waals surface area contributed by atoms with Crippen molar-refractivity contribution in [2.24, 2.45) is 0 Å². The fraction of sp³-hybridized carbons (Fsp3) is 0.462. The van der Waals surface area contributed by atoms with Crippen LogP contribution in [0.5, 0.6) is 5.75 Å². The zero-order valence-electron chi connectivity index (χ0n) is 9.87. The number of ether oxygens (including phenoxy) is 2. The molecule has 1 aromatic carbocycles. The Labute approximate surface area is 95.4 Å². The number of carbonyl (C=O) groups excluding carboxylic acids is 1. The Morgan fingerprint density at radius 3 is 2.88 bits per heavy atom. The third-order valence-corrected chi connectivity index (χ3v) is 2.63. The van der Waals surface area contributed by atoms with Gasteiger partial charge in [0.25, 0.3) is 0 Å². The van der Waals surface area contributed by atoms with Crippen molar-refractivity contribution in [3.63, 3.8) is 0 Å². The monoisotopic (exact) mass is 220 g/mol. The van der Waals surface area contributed by atoms with E-state index in [1.54, 1.807) is 0 Å². The summed E-state index contributed by atoms with van der Waals surface area (Å²) in [4.78, 5) is 11.5. The van der Waals surface area contributed by atoms with Crippen LogP contribution >= 0.6 is 0 Å². The molecule has 0 bridgehead atoms. The van der Waals surface area contributed by atoms with Gasteiger partial charge in [0.2, 0.25) is 5.79 Å². The van der Waals surface area contributed by atoms with E-state index in [9.17, 15) is 4.79 Å². The molecule has 1 aliphatic heterocycles. The summed E-state index contributed by atoms with van der Waals surface area (Å²) in [6.07, 6.45) is 0.520. The van der Waals surface area contributed by atoms with Crippen LogP contribution in [0.3, 0.4) is 0 Å². The van der Waals surface area contributed by atoms with E-state index in [1.165, 1.54) is 0 Å². The quantitative estimate of drug-likeness (QED) is 0.719. The van der Waals surface area contributed by atoms with Gasteiger partial charge < -0.3 is 9.47 Å². The van der Waals surface area contributed by atoms with Gasteiger partial charge in [0.05, 0.1) is 6.61 Å². The number of fused-ring (bicyclic) bond motifs is 1. The summed E-state index contributed by atoms with van der Waals surface area (Å²) < 4.78 is 11.2. The molecular weight excluding hydrogens is 204 g/mol. The zero-order valence-corrected chi connectivity index (χ0v) is 9.87. The number of ketones is 1. The van der Waals surface area contributed by atoms with Crippen molar-refractivity contribution in [2.75, 3.05) is 0 Å². The number of hydrogen-bond donors (Lipinski definition) is 0. The first-order valence-corrected chi connectivity index (χ1v) is 5.51. The average molecular weight is 220 g/mol. The Kier molecular flexibility index (Phi) is 2.72. The van der Waals surface area contributed by atoms with E-state index in [0.29, 0.717) is 13.0 Å². The summed E-state index contributed by atoms with van der Waals surface area (Å²) in [6, 6.07) is 5.52. The molecule has 0 aromatic heterocycles. The Balaban J connectivity index is 2.32. The van der Waals surface area contributed by atoms with E-state index in [4.69, 9.17) is 9.47 Å². The fourth-order valence-corrected chi connectivity index (χ4v) is 1.72. The van der Waals surface area contributed by atoms with Crippen LogP contribution in [0.1, 0.15) is 43.1 Å². The van der Waals surface area contributed by atoms with E-state index in [1.807, 2.05) is 39.0 Å². The van der Waals surface area contributed by atoms with Gasteiger partial charge in [0.15, 0.2) is 5.78 Å². The van der Waals surface area contributed by atoms with Crippen LogP contribution in [0.4, 0.5) is 0 Å². The lowest BCUT2D eigenvalue weighted by Gasteiger charge is -2.32. The predicted molar refractivity (Wildman–Crippen MR) is 60.6 cm³/mol. The van der Waals surface area contributed by atoms with Crippen molar-refractivity contribution in [1.29, 1.82) is 0 Å². The lowest BCUT2D eigenvalue weighted by atomic mass is 10.0. The number of benzene rings is 1. The summed E-state index contributed by atoms with van der Waals surface area (Å²) >= 11 is 0. The van der Waals surface area contributed by atoms with E-state index < -0.39 is 5.79 Å². The van der Waals surface area contributed by atoms with Crippen LogP contribution in [0.2, 0.25) is 0 Å². The van der Waals surface area contributed by atoms with Crippen molar-refractivity contribution in [3.05, 3.63) is 29.3 Å². The van der Waals surface area contributed by atoms with Crippen LogP contribution in [0, 0.1) is 0 Å². The van der Waals surface area contributed by atoms with Crippen molar-refractivity contribution in [1.82, 2.24) is 0 Å². The summed E-state index contributed by atoms with van der Waals surface area (Å²) in [7, 11) is 0. The lowest BCUT2D eigenvalue weighted by Crippen LogP contribution is -2.35. The highest BCUT2D eigenvalue weighted by Crippen LogP contribution is 2.31. The van der Waals surface area contributed by atoms with Gasteiger partial charge in [-0.25, -0.2) is 0 Å². The molecule has 3 heteroatoms. The molecule has 0 saturated carbocycles. The second-order valence-corrected chi connectivity index (χ2v) is 4.39. The SMILES string of the molecule is CCC(=O)c1ccc2c(c1)COC(C)(C)O2. The van der Waals surface area contributed by atoms with Crippen molar-refractivity contribution in [2.45, 2.75) is 39.6 Å². The van der Waals surface area contributed by atoms with E-state index in [0.717, 1.165) is 16.9 Å². The van der Waals surface area contributed by atoms with Crippen molar-refractivity contribution >= 4 is 5.78 Å². The van der Waals surface area contributed by atoms with Gasteiger partial charge in [-0.15, -0.1) is 0 Å². The molecule has 3 nitrogen and oxygen atoms in total.